The van der Waals surface area contributed by atoms with E-state index >= 15 is 0 Å². The van der Waals surface area contributed by atoms with Crippen molar-refractivity contribution in [2.75, 3.05) is 18.0 Å². The van der Waals surface area contributed by atoms with E-state index < -0.39 is 11.7 Å². The van der Waals surface area contributed by atoms with Gasteiger partial charge in [0.1, 0.15) is 0 Å². The van der Waals surface area contributed by atoms with Crippen LogP contribution in [-0.4, -0.2) is 35.2 Å². The Kier molecular flexibility index (Phi) is 5.92. The highest BCUT2D eigenvalue weighted by Crippen LogP contribution is 2.29. The summed E-state index contributed by atoms with van der Waals surface area (Å²) in [5, 5.41) is 11.8. The second-order valence-corrected chi connectivity index (χ2v) is 8.08. The largest absolute Gasteiger partial charge is 0.416 e. The van der Waals surface area contributed by atoms with E-state index in [2.05, 4.69) is 26.5 Å². The molecule has 5 nitrogen and oxygen atoms in total. The number of carbonyl (C=O) groups excluding carboxylic acids is 1. The Balaban J connectivity index is 1.27. The zero-order valence-electron chi connectivity index (χ0n) is 16.7. The van der Waals surface area contributed by atoms with Crippen LogP contribution in [0.4, 0.5) is 19.0 Å². The van der Waals surface area contributed by atoms with Crippen LogP contribution in [0.3, 0.4) is 0 Å². The smallest absolute Gasteiger partial charge is 0.355 e. The van der Waals surface area contributed by atoms with Crippen LogP contribution in [0.25, 0.3) is 0 Å². The number of aromatic nitrogens is 2. The minimum Gasteiger partial charge on any atom is -0.355 e. The number of aryl methyl sites for hydroxylation is 2. The van der Waals surface area contributed by atoms with Gasteiger partial charge in [-0.3, -0.25) is 4.79 Å². The predicted molar refractivity (Wildman–Crippen MR) is 107 cm³/mol. The van der Waals surface area contributed by atoms with Crippen LogP contribution in [0.5, 0.6) is 0 Å². The van der Waals surface area contributed by atoms with Gasteiger partial charge in [0.25, 0.3) is 0 Å². The van der Waals surface area contributed by atoms with E-state index in [9.17, 15) is 18.0 Å². The summed E-state index contributed by atoms with van der Waals surface area (Å²) in [5.41, 5.74) is 2.29. The van der Waals surface area contributed by atoms with Crippen molar-refractivity contribution < 1.29 is 18.0 Å². The van der Waals surface area contributed by atoms with Crippen molar-refractivity contribution in [1.29, 1.82) is 0 Å². The van der Waals surface area contributed by atoms with Gasteiger partial charge in [0.2, 0.25) is 5.91 Å². The van der Waals surface area contributed by atoms with E-state index in [0.29, 0.717) is 5.56 Å². The van der Waals surface area contributed by atoms with Gasteiger partial charge in [-0.1, -0.05) is 12.1 Å². The lowest BCUT2D eigenvalue weighted by atomic mass is 9.96. The number of amides is 1. The van der Waals surface area contributed by atoms with E-state index in [0.717, 1.165) is 62.4 Å². The number of halogens is 3. The number of rotatable bonds is 4. The van der Waals surface area contributed by atoms with Crippen molar-refractivity contribution in [3.63, 3.8) is 0 Å². The second kappa shape index (κ2) is 8.62. The average Bonchev–Trinajstić information content (AvgIpc) is 2.73. The fourth-order valence-corrected chi connectivity index (χ4v) is 4.16. The summed E-state index contributed by atoms with van der Waals surface area (Å²) in [5.74, 6) is 0.743. The van der Waals surface area contributed by atoms with Crippen LogP contribution >= 0.6 is 0 Å². The summed E-state index contributed by atoms with van der Waals surface area (Å²) >= 11 is 0. The lowest BCUT2D eigenvalue weighted by Gasteiger charge is -2.33. The normalized spacial score (nSPS) is 17.5. The number of fused-ring (bicyclic) bond motifs is 1. The Bertz CT molecular complexity index is 890. The van der Waals surface area contributed by atoms with Crippen LogP contribution in [-0.2, 0) is 30.2 Å². The van der Waals surface area contributed by atoms with Crippen molar-refractivity contribution in [3.05, 3.63) is 52.7 Å². The van der Waals surface area contributed by atoms with Crippen molar-refractivity contribution >= 4 is 11.7 Å². The number of carbonyl (C=O) groups is 1. The molecule has 0 atom stereocenters. The standard InChI is InChI=1S/C22H25F3N4O/c23-22(24,25)17-7-5-15(6-8-17)13-21(30)26-18-9-11-29(12-10-18)20-14-16-3-1-2-4-19(16)27-28-20/h5-8,14,18H,1-4,9-13H2,(H,26,30). The van der Waals surface area contributed by atoms with Crippen LogP contribution in [0.2, 0.25) is 0 Å². The summed E-state index contributed by atoms with van der Waals surface area (Å²) in [7, 11) is 0. The van der Waals surface area contributed by atoms with Gasteiger partial charge in [0.15, 0.2) is 5.82 Å². The maximum absolute atomic E-state index is 12.6. The molecule has 0 bridgehead atoms. The quantitative estimate of drug-likeness (QED) is 0.823. The number of nitrogens with one attached hydrogen (secondary N) is 1. The molecular weight excluding hydrogens is 393 g/mol. The van der Waals surface area contributed by atoms with Gasteiger partial charge < -0.3 is 10.2 Å². The third kappa shape index (κ3) is 4.91. The molecule has 1 aliphatic carbocycles. The molecule has 2 heterocycles. The van der Waals surface area contributed by atoms with E-state index in [4.69, 9.17) is 0 Å². The third-order valence-corrected chi connectivity index (χ3v) is 5.89. The first-order valence-electron chi connectivity index (χ1n) is 10.4. The number of anilines is 1. The zero-order valence-corrected chi connectivity index (χ0v) is 16.7. The molecule has 2 aromatic rings. The summed E-state index contributed by atoms with van der Waals surface area (Å²) in [6.07, 6.45) is 1.77. The molecule has 1 N–H and O–H groups in total. The maximum Gasteiger partial charge on any atom is 0.416 e. The lowest BCUT2D eigenvalue weighted by molar-refractivity contribution is -0.137. The summed E-state index contributed by atoms with van der Waals surface area (Å²) in [6, 6.07) is 6.97. The minimum atomic E-state index is -4.36. The zero-order chi connectivity index (χ0) is 21.1. The Hall–Kier alpha value is -2.64. The fraction of sp³-hybridized carbons (Fsp3) is 0.500. The molecule has 1 aromatic heterocycles. The monoisotopic (exact) mass is 418 g/mol. The number of alkyl halides is 3. The van der Waals surface area contributed by atoms with Crippen molar-refractivity contribution in [2.45, 2.75) is 57.2 Å². The van der Waals surface area contributed by atoms with E-state index in [-0.39, 0.29) is 18.4 Å². The fourth-order valence-electron chi connectivity index (χ4n) is 4.16. The molecule has 1 fully saturated rings. The highest BCUT2D eigenvalue weighted by Gasteiger charge is 2.30. The first-order chi connectivity index (χ1) is 14.4. The topological polar surface area (TPSA) is 58.1 Å². The molecule has 1 saturated heterocycles. The van der Waals surface area contributed by atoms with Crippen molar-refractivity contribution in [3.8, 4) is 0 Å². The maximum atomic E-state index is 12.6. The van der Waals surface area contributed by atoms with Crippen LogP contribution < -0.4 is 10.2 Å². The van der Waals surface area contributed by atoms with Gasteiger partial charge in [0, 0.05) is 19.1 Å². The molecule has 0 saturated carbocycles. The Labute approximate surface area is 173 Å². The van der Waals surface area contributed by atoms with Crippen LogP contribution in [0.15, 0.2) is 30.3 Å². The Morgan fingerprint density at radius 3 is 2.47 bits per heavy atom. The number of piperidine rings is 1. The second-order valence-electron chi connectivity index (χ2n) is 8.08. The van der Waals surface area contributed by atoms with Gasteiger partial charge in [-0.05, 0) is 67.9 Å². The first kappa shape index (κ1) is 20.6. The molecule has 0 radical (unpaired) electrons. The molecule has 2 aliphatic rings. The summed E-state index contributed by atoms with van der Waals surface area (Å²) < 4.78 is 37.9. The molecule has 1 aliphatic heterocycles. The van der Waals surface area contributed by atoms with Crippen LogP contribution in [0.1, 0.15) is 48.1 Å². The highest BCUT2D eigenvalue weighted by atomic mass is 19.4. The predicted octanol–water partition coefficient (Wildman–Crippen LogP) is 3.70. The molecule has 4 rings (SSSR count). The summed E-state index contributed by atoms with van der Waals surface area (Å²) in [6.45, 7) is 1.58. The molecule has 30 heavy (non-hydrogen) atoms. The first-order valence-corrected chi connectivity index (χ1v) is 10.4. The molecule has 160 valence electrons. The molecule has 1 amide bonds. The van der Waals surface area contributed by atoms with Crippen molar-refractivity contribution in [1.82, 2.24) is 15.5 Å². The number of benzene rings is 1. The molecule has 0 unspecified atom stereocenters. The van der Waals surface area contributed by atoms with E-state index in [1.165, 1.54) is 30.5 Å². The van der Waals surface area contributed by atoms with Gasteiger partial charge in [-0.2, -0.15) is 18.3 Å². The molecular formula is C22H25F3N4O. The number of hydrogen-bond acceptors (Lipinski definition) is 4. The highest BCUT2D eigenvalue weighted by molar-refractivity contribution is 5.78. The van der Waals surface area contributed by atoms with Gasteiger partial charge >= 0.3 is 6.18 Å². The number of nitrogens with zero attached hydrogens (tertiary/aromatic N) is 3. The van der Waals surface area contributed by atoms with Gasteiger partial charge in [0.05, 0.1) is 17.7 Å². The SMILES string of the molecule is O=C(Cc1ccc(C(F)(F)F)cc1)NC1CCN(c2cc3c(nn2)CCCC3)CC1. The number of hydrogen-bond donors (Lipinski definition) is 1. The van der Waals surface area contributed by atoms with Crippen LogP contribution in [0, 0.1) is 0 Å². The van der Waals surface area contributed by atoms with Gasteiger partial charge in [-0.15, -0.1) is 5.10 Å². The minimum absolute atomic E-state index is 0.0637. The van der Waals surface area contributed by atoms with E-state index in [1.54, 1.807) is 0 Å². The Morgan fingerprint density at radius 2 is 1.77 bits per heavy atom. The Morgan fingerprint density at radius 1 is 1.07 bits per heavy atom. The van der Waals surface area contributed by atoms with Gasteiger partial charge in [-0.25, -0.2) is 0 Å². The third-order valence-electron chi connectivity index (χ3n) is 5.89. The van der Waals surface area contributed by atoms with E-state index in [1.807, 2.05) is 0 Å². The van der Waals surface area contributed by atoms with Crippen molar-refractivity contribution in [2.24, 2.45) is 0 Å². The average molecular weight is 418 g/mol. The molecule has 0 spiro atoms. The lowest BCUT2D eigenvalue weighted by Crippen LogP contribution is -2.45. The summed E-state index contributed by atoms with van der Waals surface area (Å²) in [4.78, 5) is 14.5. The molecule has 8 heteroatoms. The molecule has 1 aromatic carbocycles.